The van der Waals surface area contributed by atoms with E-state index in [0.717, 1.165) is 33.5 Å². The van der Waals surface area contributed by atoms with Crippen LogP contribution in [0.5, 0.6) is 0 Å². The number of rotatable bonds is 2. The molecule has 118 valence electrons. The van der Waals surface area contributed by atoms with Gasteiger partial charge >= 0.3 is 0 Å². The fourth-order valence-electron chi connectivity index (χ4n) is 3.19. The molecule has 0 aliphatic carbocycles. The summed E-state index contributed by atoms with van der Waals surface area (Å²) >= 11 is 0. The Kier molecular flexibility index (Phi) is 3.10. The molecule has 3 heterocycles. The highest BCUT2D eigenvalue weighted by molar-refractivity contribution is 5.83. The third-order valence-corrected chi connectivity index (χ3v) is 4.48. The average Bonchev–Trinajstić information content (AvgIpc) is 3.14. The molecule has 3 heteroatoms. The fraction of sp³-hybridized carbons (Fsp3) is 0. The fourth-order valence-corrected chi connectivity index (χ4v) is 3.19. The van der Waals surface area contributed by atoms with Gasteiger partial charge in [-0.3, -0.25) is 4.98 Å². The van der Waals surface area contributed by atoms with Gasteiger partial charge < -0.3 is 0 Å². The van der Waals surface area contributed by atoms with Gasteiger partial charge in [-0.2, -0.15) is 5.10 Å². The summed E-state index contributed by atoms with van der Waals surface area (Å²) in [4.78, 5) is 4.40. The molecule has 0 saturated carbocycles. The molecule has 0 amide bonds. The van der Waals surface area contributed by atoms with E-state index in [0.29, 0.717) is 0 Å². The van der Waals surface area contributed by atoms with Gasteiger partial charge in [0.15, 0.2) is 0 Å². The predicted octanol–water partition coefficient (Wildman–Crippen LogP) is 5.22. The molecule has 0 atom stereocenters. The molecular weight excluding hydrogens is 306 g/mol. The summed E-state index contributed by atoms with van der Waals surface area (Å²) in [7, 11) is 0. The van der Waals surface area contributed by atoms with E-state index < -0.39 is 0 Å². The van der Waals surface area contributed by atoms with Crippen LogP contribution in [0.15, 0.2) is 91.1 Å². The Morgan fingerprint density at radius 3 is 2.20 bits per heavy atom. The highest BCUT2D eigenvalue weighted by Gasteiger charge is 2.07. The minimum Gasteiger partial charge on any atom is -0.256 e. The Morgan fingerprint density at radius 1 is 0.640 bits per heavy atom. The van der Waals surface area contributed by atoms with Crippen molar-refractivity contribution in [1.29, 1.82) is 0 Å². The molecule has 3 aromatic heterocycles. The van der Waals surface area contributed by atoms with E-state index in [9.17, 15) is 0 Å². The molecule has 0 N–H and O–H groups in total. The lowest BCUT2D eigenvalue weighted by molar-refractivity contribution is 1.01. The van der Waals surface area contributed by atoms with Crippen LogP contribution in [0.2, 0.25) is 0 Å². The topological polar surface area (TPSA) is 30.2 Å². The molecule has 0 fully saturated rings. The maximum atomic E-state index is 4.81. The summed E-state index contributed by atoms with van der Waals surface area (Å²) in [6.45, 7) is 0. The first kappa shape index (κ1) is 13.9. The third-order valence-electron chi connectivity index (χ3n) is 4.48. The van der Waals surface area contributed by atoms with E-state index in [-0.39, 0.29) is 0 Å². The molecule has 0 bridgehead atoms. The highest BCUT2D eigenvalue weighted by Crippen LogP contribution is 2.25. The van der Waals surface area contributed by atoms with Crippen molar-refractivity contribution in [2.45, 2.75) is 0 Å². The maximum Gasteiger partial charge on any atom is 0.0933 e. The molecule has 5 aromatic rings. The van der Waals surface area contributed by atoms with E-state index >= 15 is 0 Å². The molecular formula is C22H15N3. The van der Waals surface area contributed by atoms with Gasteiger partial charge in [-0.1, -0.05) is 54.6 Å². The number of pyridine rings is 2. The summed E-state index contributed by atoms with van der Waals surface area (Å²) in [6, 6.07) is 29.0. The summed E-state index contributed by atoms with van der Waals surface area (Å²) < 4.78 is 2.01. The molecule has 0 spiro atoms. The molecule has 0 saturated heterocycles. The minimum absolute atomic E-state index is 0.976. The van der Waals surface area contributed by atoms with Crippen LogP contribution in [0.3, 0.4) is 0 Å². The van der Waals surface area contributed by atoms with E-state index in [4.69, 9.17) is 5.10 Å². The molecule has 25 heavy (non-hydrogen) atoms. The van der Waals surface area contributed by atoms with Crippen molar-refractivity contribution < 1.29 is 0 Å². The standard InChI is InChI=1S/C22H15N3/c1-2-7-22-18(5-1)12-13-19-15-21(24-25(19)22)17-10-8-16(9-11-17)20-6-3-4-14-23-20/h1-15H. The van der Waals surface area contributed by atoms with Gasteiger partial charge in [-0.15, -0.1) is 0 Å². The van der Waals surface area contributed by atoms with Crippen molar-refractivity contribution in [1.82, 2.24) is 14.6 Å². The lowest BCUT2D eigenvalue weighted by Gasteiger charge is -2.02. The van der Waals surface area contributed by atoms with Gasteiger partial charge in [-0.05, 0) is 30.3 Å². The first-order valence-electron chi connectivity index (χ1n) is 8.28. The zero-order valence-electron chi connectivity index (χ0n) is 13.5. The van der Waals surface area contributed by atoms with Gasteiger partial charge in [0.25, 0.3) is 0 Å². The van der Waals surface area contributed by atoms with Gasteiger partial charge in [-0.25, -0.2) is 4.52 Å². The van der Waals surface area contributed by atoms with Crippen LogP contribution in [0, 0.1) is 0 Å². The Balaban J connectivity index is 1.60. The van der Waals surface area contributed by atoms with Crippen LogP contribution in [0.4, 0.5) is 0 Å². The first-order chi connectivity index (χ1) is 12.4. The number of benzene rings is 2. The van der Waals surface area contributed by atoms with Crippen molar-refractivity contribution in [3.05, 3.63) is 91.1 Å². The van der Waals surface area contributed by atoms with Crippen LogP contribution >= 0.6 is 0 Å². The van der Waals surface area contributed by atoms with Crippen LogP contribution in [-0.4, -0.2) is 14.6 Å². The summed E-state index contributed by atoms with van der Waals surface area (Å²) in [5.41, 5.74) is 6.39. The summed E-state index contributed by atoms with van der Waals surface area (Å²) in [5.74, 6) is 0. The molecule has 0 aliphatic heterocycles. The number of hydrogen-bond donors (Lipinski definition) is 0. The second-order valence-electron chi connectivity index (χ2n) is 6.05. The third kappa shape index (κ3) is 2.37. The van der Waals surface area contributed by atoms with E-state index in [2.05, 4.69) is 65.6 Å². The number of para-hydroxylation sites is 1. The molecule has 0 unspecified atom stereocenters. The van der Waals surface area contributed by atoms with E-state index in [1.54, 1.807) is 0 Å². The van der Waals surface area contributed by atoms with Crippen molar-refractivity contribution in [3.63, 3.8) is 0 Å². The summed E-state index contributed by atoms with van der Waals surface area (Å²) in [6.07, 6.45) is 1.82. The van der Waals surface area contributed by atoms with Crippen molar-refractivity contribution >= 4 is 16.4 Å². The van der Waals surface area contributed by atoms with Crippen LogP contribution in [0.1, 0.15) is 0 Å². The van der Waals surface area contributed by atoms with Gasteiger partial charge in [0, 0.05) is 22.7 Å². The van der Waals surface area contributed by atoms with Gasteiger partial charge in [0.05, 0.1) is 22.4 Å². The predicted molar refractivity (Wildman–Crippen MR) is 101 cm³/mol. The van der Waals surface area contributed by atoms with E-state index in [1.165, 1.54) is 5.39 Å². The van der Waals surface area contributed by atoms with Crippen LogP contribution in [0.25, 0.3) is 38.9 Å². The second-order valence-corrected chi connectivity index (χ2v) is 6.05. The van der Waals surface area contributed by atoms with Crippen molar-refractivity contribution in [3.8, 4) is 22.5 Å². The zero-order chi connectivity index (χ0) is 16.6. The minimum atomic E-state index is 0.976. The average molecular weight is 321 g/mol. The number of nitrogens with zero attached hydrogens (tertiary/aromatic N) is 3. The molecule has 0 aliphatic rings. The lowest BCUT2D eigenvalue weighted by Crippen LogP contribution is -1.90. The zero-order valence-corrected chi connectivity index (χ0v) is 13.5. The van der Waals surface area contributed by atoms with Gasteiger partial charge in [0.2, 0.25) is 0 Å². The SMILES string of the molecule is c1ccc(-c2ccc(-c3cc4ccc5ccccc5n4n3)cc2)nc1. The monoisotopic (exact) mass is 321 g/mol. The highest BCUT2D eigenvalue weighted by atomic mass is 15.2. The van der Waals surface area contributed by atoms with Crippen molar-refractivity contribution in [2.24, 2.45) is 0 Å². The molecule has 5 rings (SSSR count). The second kappa shape index (κ2) is 5.56. The number of aromatic nitrogens is 3. The molecule has 2 aromatic carbocycles. The molecule has 0 radical (unpaired) electrons. The largest absolute Gasteiger partial charge is 0.256 e. The Morgan fingerprint density at radius 2 is 1.40 bits per heavy atom. The van der Waals surface area contributed by atoms with Crippen LogP contribution < -0.4 is 0 Å². The van der Waals surface area contributed by atoms with Gasteiger partial charge in [0.1, 0.15) is 0 Å². The van der Waals surface area contributed by atoms with E-state index in [1.807, 2.05) is 35.0 Å². The smallest absolute Gasteiger partial charge is 0.0933 e. The van der Waals surface area contributed by atoms with Crippen molar-refractivity contribution in [2.75, 3.05) is 0 Å². The first-order valence-corrected chi connectivity index (χ1v) is 8.28. The Labute approximate surface area is 145 Å². The normalized spacial score (nSPS) is 11.2. The lowest BCUT2D eigenvalue weighted by atomic mass is 10.1. The Hall–Kier alpha value is -3.46. The quantitative estimate of drug-likeness (QED) is 0.446. The number of hydrogen-bond acceptors (Lipinski definition) is 2. The molecule has 3 nitrogen and oxygen atoms in total. The maximum absolute atomic E-state index is 4.81. The van der Waals surface area contributed by atoms with Crippen LogP contribution in [-0.2, 0) is 0 Å². The Bertz CT molecular complexity index is 1170. The number of fused-ring (bicyclic) bond motifs is 3. The summed E-state index contributed by atoms with van der Waals surface area (Å²) in [5, 5.41) is 6.00.